The summed E-state index contributed by atoms with van der Waals surface area (Å²) in [5.41, 5.74) is 7.95. The Bertz CT molecular complexity index is 726. The first-order chi connectivity index (χ1) is 14.1. The number of hydrogen-bond donors (Lipinski definition) is 3. The van der Waals surface area contributed by atoms with Crippen molar-refractivity contribution in [1.82, 2.24) is 5.32 Å². The summed E-state index contributed by atoms with van der Waals surface area (Å²) in [5.74, 6) is -0.180. The number of carbonyl (C=O) groups excluding carboxylic acids is 1. The van der Waals surface area contributed by atoms with Gasteiger partial charge in [-0.15, -0.1) is 0 Å². The average Bonchev–Trinajstić information content (AvgIpc) is 3.55. The summed E-state index contributed by atoms with van der Waals surface area (Å²) in [6.07, 6.45) is 7.23. The fourth-order valence-corrected chi connectivity index (χ4v) is 4.81. The summed E-state index contributed by atoms with van der Waals surface area (Å²) < 4.78 is 0. The number of carbonyl (C=O) groups is 2. The van der Waals surface area contributed by atoms with Gasteiger partial charge in [0, 0.05) is 24.1 Å². The van der Waals surface area contributed by atoms with Gasteiger partial charge in [-0.1, -0.05) is 45.0 Å². The highest BCUT2D eigenvalue weighted by Gasteiger charge is 2.38. The number of rotatable bonds is 9. The molecule has 2 saturated carbocycles. The predicted molar refractivity (Wildman–Crippen MR) is 119 cm³/mol. The molecule has 0 aliphatic heterocycles. The third-order valence-electron chi connectivity index (χ3n) is 7.14. The second kappa shape index (κ2) is 9.61. The lowest BCUT2D eigenvalue weighted by atomic mass is 9.71. The molecule has 2 unspecified atom stereocenters. The number of carboxylic acid groups (broad SMARTS) is 1. The highest BCUT2D eigenvalue weighted by Crippen LogP contribution is 2.41. The van der Waals surface area contributed by atoms with E-state index in [2.05, 4.69) is 26.1 Å². The molecule has 5 heteroatoms. The van der Waals surface area contributed by atoms with Crippen LogP contribution < -0.4 is 11.1 Å². The molecule has 5 nitrogen and oxygen atoms in total. The Balaban J connectivity index is 1.51. The zero-order chi connectivity index (χ0) is 21.9. The molecule has 0 amide bonds. The van der Waals surface area contributed by atoms with Crippen LogP contribution in [0.1, 0.15) is 81.6 Å². The largest absolute Gasteiger partial charge is 0.480 e. The SMILES string of the molecule is CC(C)(C)C1CCC(NCc2ccc(C(=O)C(CC(N)C(=O)O)C3CC3)cc2)CC1. The van der Waals surface area contributed by atoms with Crippen molar-refractivity contribution >= 4 is 11.8 Å². The number of nitrogens with one attached hydrogen (secondary N) is 1. The molecule has 0 saturated heterocycles. The van der Waals surface area contributed by atoms with Crippen LogP contribution in [-0.4, -0.2) is 28.9 Å². The van der Waals surface area contributed by atoms with E-state index in [4.69, 9.17) is 10.8 Å². The maximum absolute atomic E-state index is 12.9. The lowest BCUT2D eigenvalue weighted by Gasteiger charge is -2.37. The number of Topliss-reactive ketones (excluding diaryl/α,β-unsaturated/α-hetero) is 1. The summed E-state index contributed by atoms with van der Waals surface area (Å²) in [6.45, 7) is 7.85. The molecule has 2 atom stereocenters. The average molecular weight is 415 g/mol. The molecule has 0 aromatic heterocycles. The molecule has 0 bridgehead atoms. The first-order valence-corrected chi connectivity index (χ1v) is 11.5. The van der Waals surface area contributed by atoms with Crippen LogP contribution in [0.5, 0.6) is 0 Å². The molecule has 166 valence electrons. The van der Waals surface area contributed by atoms with Crippen LogP contribution in [0.25, 0.3) is 0 Å². The second-order valence-corrected chi connectivity index (χ2v) is 10.5. The molecule has 1 aromatic carbocycles. The first-order valence-electron chi connectivity index (χ1n) is 11.5. The van der Waals surface area contributed by atoms with E-state index in [1.165, 1.54) is 31.2 Å². The minimum Gasteiger partial charge on any atom is -0.480 e. The van der Waals surface area contributed by atoms with Crippen LogP contribution >= 0.6 is 0 Å². The minimum absolute atomic E-state index is 0.0363. The Kier molecular flexibility index (Phi) is 7.35. The van der Waals surface area contributed by atoms with Crippen molar-refractivity contribution in [3.8, 4) is 0 Å². The van der Waals surface area contributed by atoms with Gasteiger partial charge in [-0.2, -0.15) is 0 Å². The molecule has 0 radical (unpaired) electrons. The van der Waals surface area contributed by atoms with E-state index in [9.17, 15) is 9.59 Å². The number of nitrogens with two attached hydrogens (primary N) is 1. The quantitative estimate of drug-likeness (QED) is 0.521. The van der Waals surface area contributed by atoms with Crippen molar-refractivity contribution in [2.45, 2.75) is 84.3 Å². The standard InChI is InChI=1S/C25H38N2O3/c1-25(2,3)19-10-12-20(13-11-19)27-15-16-4-6-18(7-5-16)23(28)21(17-8-9-17)14-22(26)24(29)30/h4-7,17,19-22,27H,8-15,26H2,1-3H3,(H,29,30). The first kappa shape index (κ1) is 23.0. The number of hydrogen-bond acceptors (Lipinski definition) is 4. The monoisotopic (exact) mass is 414 g/mol. The van der Waals surface area contributed by atoms with Crippen molar-refractivity contribution in [1.29, 1.82) is 0 Å². The molecule has 0 spiro atoms. The molecule has 0 heterocycles. The van der Waals surface area contributed by atoms with Gasteiger partial charge in [-0.3, -0.25) is 9.59 Å². The van der Waals surface area contributed by atoms with Crippen molar-refractivity contribution in [2.75, 3.05) is 0 Å². The zero-order valence-corrected chi connectivity index (χ0v) is 18.7. The van der Waals surface area contributed by atoms with E-state index < -0.39 is 12.0 Å². The number of aliphatic carboxylic acids is 1. The van der Waals surface area contributed by atoms with Gasteiger partial charge < -0.3 is 16.2 Å². The Morgan fingerprint density at radius 2 is 1.67 bits per heavy atom. The van der Waals surface area contributed by atoms with Crippen molar-refractivity contribution in [2.24, 2.45) is 28.9 Å². The molecule has 2 fully saturated rings. The van der Waals surface area contributed by atoms with Gasteiger partial charge >= 0.3 is 5.97 Å². The van der Waals surface area contributed by atoms with Crippen LogP contribution in [0.4, 0.5) is 0 Å². The Morgan fingerprint density at radius 1 is 1.07 bits per heavy atom. The lowest BCUT2D eigenvalue weighted by Crippen LogP contribution is -2.36. The molecule has 4 N–H and O–H groups in total. The molecule has 3 rings (SSSR count). The van der Waals surface area contributed by atoms with Gasteiger partial charge in [0.25, 0.3) is 0 Å². The van der Waals surface area contributed by atoms with E-state index in [0.29, 0.717) is 17.0 Å². The van der Waals surface area contributed by atoms with Crippen LogP contribution in [0.3, 0.4) is 0 Å². The summed E-state index contributed by atoms with van der Waals surface area (Å²) in [7, 11) is 0. The molecule has 1 aromatic rings. The van der Waals surface area contributed by atoms with Crippen molar-refractivity contribution in [3.63, 3.8) is 0 Å². The number of ketones is 1. The van der Waals surface area contributed by atoms with Gasteiger partial charge in [0.15, 0.2) is 5.78 Å². The van der Waals surface area contributed by atoms with E-state index >= 15 is 0 Å². The molecule has 2 aliphatic carbocycles. The van der Waals surface area contributed by atoms with Crippen LogP contribution in [0, 0.1) is 23.2 Å². The minimum atomic E-state index is -1.04. The fourth-order valence-electron chi connectivity index (χ4n) is 4.81. The smallest absolute Gasteiger partial charge is 0.320 e. The highest BCUT2D eigenvalue weighted by atomic mass is 16.4. The maximum Gasteiger partial charge on any atom is 0.320 e. The van der Waals surface area contributed by atoms with Gasteiger partial charge in [0.1, 0.15) is 6.04 Å². The van der Waals surface area contributed by atoms with E-state index in [1.807, 2.05) is 24.3 Å². The summed E-state index contributed by atoms with van der Waals surface area (Å²) in [5, 5.41) is 12.8. The summed E-state index contributed by atoms with van der Waals surface area (Å²) in [6, 6.07) is 7.40. The molecule has 2 aliphatic rings. The Labute approximate surface area is 180 Å². The Morgan fingerprint density at radius 3 is 2.17 bits per heavy atom. The van der Waals surface area contributed by atoms with Gasteiger partial charge in [-0.25, -0.2) is 0 Å². The predicted octanol–water partition coefficient (Wildman–Crippen LogP) is 4.39. The summed E-state index contributed by atoms with van der Waals surface area (Å²) >= 11 is 0. The van der Waals surface area contributed by atoms with Crippen molar-refractivity contribution < 1.29 is 14.7 Å². The van der Waals surface area contributed by atoms with Crippen LogP contribution in [0.15, 0.2) is 24.3 Å². The zero-order valence-electron chi connectivity index (χ0n) is 18.7. The van der Waals surface area contributed by atoms with Gasteiger partial charge in [0.2, 0.25) is 0 Å². The third-order valence-corrected chi connectivity index (χ3v) is 7.14. The second-order valence-electron chi connectivity index (χ2n) is 10.5. The van der Waals surface area contributed by atoms with Crippen LogP contribution in [0.2, 0.25) is 0 Å². The molecule has 30 heavy (non-hydrogen) atoms. The van der Waals surface area contributed by atoms with E-state index in [0.717, 1.165) is 25.3 Å². The fraction of sp³-hybridized carbons (Fsp3) is 0.680. The number of carboxylic acids is 1. The summed E-state index contributed by atoms with van der Waals surface area (Å²) in [4.78, 5) is 24.1. The van der Waals surface area contributed by atoms with Crippen LogP contribution in [-0.2, 0) is 11.3 Å². The molecular formula is C25H38N2O3. The van der Waals surface area contributed by atoms with E-state index in [1.54, 1.807) is 0 Å². The highest BCUT2D eigenvalue weighted by molar-refractivity contribution is 5.98. The van der Waals surface area contributed by atoms with Gasteiger partial charge in [-0.05, 0) is 67.8 Å². The number of benzene rings is 1. The molecular weight excluding hydrogens is 376 g/mol. The Hall–Kier alpha value is -1.72. The topological polar surface area (TPSA) is 92.4 Å². The lowest BCUT2D eigenvalue weighted by molar-refractivity contribution is -0.138. The van der Waals surface area contributed by atoms with E-state index in [-0.39, 0.29) is 24.0 Å². The third kappa shape index (κ3) is 6.14. The maximum atomic E-state index is 12.9. The van der Waals surface area contributed by atoms with Gasteiger partial charge in [0.05, 0.1) is 0 Å². The normalized spacial score (nSPS) is 24.3. The van der Waals surface area contributed by atoms with Crippen molar-refractivity contribution in [3.05, 3.63) is 35.4 Å².